The third kappa shape index (κ3) is 3.30. The smallest absolute Gasteiger partial charge is 0.0457 e. The van der Waals surface area contributed by atoms with Crippen molar-refractivity contribution in [2.45, 2.75) is 38.6 Å². The molecule has 2 aromatic carbocycles. The first kappa shape index (κ1) is 14.6. The monoisotopic (exact) mass is 299 g/mol. The lowest BCUT2D eigenvalue weighted by Gasteiger charge is -2.26. The maximum atomic E-state index is 6.42. The average Bonchev–Trinajstić information content (AvgIpc) is 2.44. The fourth-order valence-corrected chi connectivity index (χ4v) is 3.09. The molecule has 0 atom stereocenters. The molecule has 3 rings (SSSR count). The molecular formula is C19H22ClN. The van der Waals surface area contributed by atoms with Gasteiger partial charge in [0.25, 0.3) is 0 Å². The molecule has 0 aliphatic heterocycles. The highest BCUT2D eigenvalue weighted by molar-refractivity contribution is 6.31. The first-order chi connectivity index (χ1) is 10.3. The lowest BCUT2D eigenvalue weighted by molar-refractivity contribution is 0.420. The van der Waals surface area contributed by atoms with Gasteiger partial charge in [0, 0.05) is 11.6 Å². The molecule has 0 radical (unpaired) electrons. The summed E-state index contributed by atoms with van der Waals surface area (Å²) in [5, 5.41) is 4.17. The van der Waals surface area contributed by atoms with Crippen LogP contribution in [0.1, 0.15) is 43.2 Å². The molecular weight excluding hydrogens is 278 g/mol. The topological polar surface area (TPSA) is 12.0 Å². The Morgan fingerprint density at radius 2 is 1.90 bits per heavy atom. The van der Waals surface area contributed by atoms with E-state index in [9.17, 15) is 0 Å². The Labute approximate surface area is 132 Å². The summed E-state index contributed by atoms with van der Waals surface area (Å²) in [6, 6.07) is 15.3. The van der Waals surface area contributed by atoms with E-state index < -0.39 is 0 Å². The van der Waals surface area contributed by atoms with Gasteiger partial charge in [0.15, 0.2) is 0 Å². The van der Waals surface area contributed by atoms with Gasteiger partial charge in [-0.2, -0.15) is 0 Å². The predicted octanol–water partition coefficient (Wildman–Crippen LogP) is 5.38. The number of hydrogen-bond acceptors (Lipinski definition) is 1. The summed E-state index contributed by atoms with van der Waals surface area (Å²) in [5.41, 5.74) is 5.13. The highest BCUT2D eigenvalue weighted by atomic mass is 35.5. The van der Waals surface area contributed by atoms with Crippen molar-refractivity contribution in [1.29, 1.82) is 0 Å². The van der Waals surface area contributed by atoms with Crippen LogP contribution in [0.4, 0.5) is 0 Å². The zero-order valence-electron chi connectivity index (χ0n) is 12.5. The minimum Gasteiger partial charge on any atom is -0.313 e. The number of hydrogen-bond donors (Lipinski definition) is 1. The second kappa shape index (κ2) is 6.64. The highest BCUT2D eigenvalue weighted by Crippen LogP contribution is 2.37. The predicted molar refractivity (Wildman–Crippen MR) is 90.9 cm³/mol. The van der Waals surface area contributed by atoms with Crippen LogP contribution in [-0.2, 0) is 6.54 Å². The van der Waals surface area contributed by atoms with Crippen molar-refractivity contribution >= 4 is 11.6 Å². The lowest BCUT2D eigenvalue weighted by Crippen LogP contribution is -2.11. The Balaban J connectivity index is 1.84. The molecule has 2 heteroatoms. The molecule has 1 aliphatic rings. The molecule has 0 bridgehead atoms. The van der Waals surface area contributed by atoms with Crippen molar-refractivity contribution in [3.05, 3.63) is 58.6 Å². The van der Waals surface area contributed by atoms with Gasteiger partial charge >= 0.3 is 0 Å². The summed E-state index contributed by atoms with van der Waals surface area (Å²) in [6.45, 7) is 3.90. The number of rotatable bonds is 5. The van der Waals surface area contributed by atoms with E-state index in [0.717, 1.165) is 29.6 Å². The minimum absolute atomic E-state index is 0.772. The SMILES string of the molecule is CCNCc1ccc(-c2cccc(C3CCC3)c2)cc1Cl. The van der Waals surface area contributed by atoms with Crippen LogP contribution in [0, 0.1) is 0 Å². The first-order valence-corrected chi connectivity index (χ1v) is 8.25. The van der Waals surface area contributed by atoms with Crippen molar-refractivity contribution in [2.75, 3.05) is 6.54 Å². The molecule has 0 amide bonds. The van der Waals surface area contributed by atoms with Gasteiger partial charge in [-0.05, 0) is 53.6 Å². The number of benzene rings is 2. The quantitative estimate of drug-likeness (QED) is 0.781. The summed E-state index contributed by atoms with van der Waals surface area (Å²) in [7, 11) is 0. The zero-order chi connectivity index (χ0) is 14.7. The zero-order valence-corrected chi connectivity index (χ0v) is 13.3. The number of nitrogens with one attached hydrogen (secondary N) is 1. The molecule has 2 aromatic rings. The molecule has 1 N–H and O–H groups in total. The summed E-state index contributed by atoms with van der Waals surface area (Å²) in [6.07, 6.45) is 4.05. The van der Waals surface area contributed by atoms with Crippen LogP contribution in [0.3, 0.4) is 0 Å². The van der Waals surface area contributed by atoms with Gasteiger partial charge in [0.1, 0.15) is 0 Å². The Bertz CT molecular complexity index is 617. The Hall–Kier alpha value is -1.31. The molecule has 0 unspecified atom stereocenters. The van der Waals surface area contributed by atoms with Crippen molar-refractivity contribution in [1.82, 2.24) is 5.32 Å². The van der Waals surface area contributed by atoms with E-state index in [1.54, 1.807) is 0 Å². The van der Waals surface area contributed by atoms with Gasteiger partial charge in [-0.25, -0.2) is 0 Å². The largest absolute Gasteiger partial charge is 0.313 e. The van der Waals surface area contributed by atoms with Crippen LogP contribution in [-0.4, -0.2) is 6.54 Å². The standard InChI is InChI=1S/C19H22ClN/c1-2-21-13-18-10-9-17(12-19(18)20)16-8-4-7-15(11-16)14-5-3-6-14/h4,7-12,14,21H,2-3,5-6,13H2,1H3. The second-order valence-corrected chi connectivity index (χ2v) is 6.25. The van der Waals surface area contributed by atoms with Gasteiger partial charge in [-0.3, -0.25) is 0 Å². The van der Waals surface area contributed by atoms with Crippen LogP contribution in [0.2, 0.25) is 5.02 Å². The number of halogens is 1. The van der Waals surface area contributed by atoms with Gasteiger partial charge in [-0.15, -0.1) is 0 Å². The molecule has 1 aliphatic carbocycles. The van der Waals surface area contributed by atoms with Crippen LogP contribution in [0.15, 0.2) is 42.5 Å². The fraction of sp³-hybridized carbons (Fsp3) is 0.368. The maximum absolute atomic E-state index is 6.42. The second-order valence-electron chi connectivity index (χ2n) is 5.84. The van der Waals surface area contributed by atoms with Crippen molar-refractivity contribution in [3.63, 3.8) is 0 Å². The maximum Gasteiger partial charge on any atom is 0.0457 e. The van der Waals surface area contributed by atoms with Crippen molar-refractivity contribution in [3.8, 4) is 11.1 Å². The van der Waals surface area contributed by atoms with Gasteiger partial charge in [0.2, 0.25) is 0 Å². The molecule has 0 spiro atoms. The van der Waals surface area contributed by atoms with E-state index >= 15 is 0 Å². The van der Waals surface area contributed by atoms with Gasteiger partial charge in [-0.1, -0.05) is 61.3 Å². The summed E-state index contributed by atoms with van der Waals surface area (Å²) >= 11 is 6.42. The molecule has 0 saturated heterocycles. The summed E-state index contributed by atoms with van der Waals surface area (Å²) in [5.74, 6) is 0.772. The first-order valence-electron chi connectivity index (χ1n) is 7.87. The Morgan fingerprint density at radius 3 is 2.57 bits per heavy atom. The van der Waals surface area contributed by atoms with E-state index in [2.05, 4.69) is 54.7 Å². The highest BCUT2D eigenvalue weighted by Gasteiger charge is 2.19. The van der Waals surface area contributed by atoms with Gasteiger partial charge in [0.05, 0.1) is 0 Å². The molecule has 110 valence electrons. The molecule has 0 aromatic heterocycles. The molecule has 1 fully saturated rings. The van der Waals surface area contributed by atoms with E-state index in [1.165, 1.54) is 36.0 Å². The third-order valence-corrected chi connectivity index (χ3v) is 4.77. The fourth-order valence-electron chi connectivity index (χ4n) is 2.84. The summed E-state index contributed by atoms with van der Waals surface area (Å²) in [4.78, 5) is 0. The van der Waals surface area contributed by atoms with E-state index in [0.29, 0.717) is 0 Å². The minimum atomic E-state index is 0.772. The Kier molecular flexibility index (Phi) is 4.62. The van der Waals surface area contributed by atoms with Crippen molar-refractivity contribution in [2.24, 2.45) is 0 Å². The summed E-state index contributed by atoms with van der Waals surface area (Å²) < 4.78 is 0. The normalized spacial score (nSPS) is 15.0. The van der Waals surface area contributed by atoms with Crippen molar-refractivity contribution < 1.29 is 0 Å². The van der Waals surface area contributed by atoms with Crippen LogP contribution in [0.25, 0.3) is 11.1 Å². The van der Waals surface area contributed by atoms with E-state index in [4.69, 9.17) is 11.6 Å². The lowest BCUT2D eigenvalue weighted by atomic mass is 9.79. The van der Waals surface area contributed by atoms with Crippen LogP contribution >= 0.6 is 11.6 Å². The third-order valence-electron chi connectivity index (χ3n) is 4.42. The molecule has 21 heavy (non-hydrogen) atoms. The van der Waals surface area contributed by atoms with Crippen LogP contribution < -0.4 is 5.32 Å². The average molecular weight is 300 g/mol. The van der Waals surface area contributed by atoms with E-state index in [-0.39, 0.29) is 0 Å². The van der Waals surface area contributed by atoms with E-state index in [1.807, 2.05) is 0 Å². The Morgan fingerprint density at radius 1 is 1.10 bits per heavy atom. The van der Waals surface area contributed by atoms with Gasteiger partial charge < -0.3 is 5.32 Å². The molecule has 0 heterocycles. The van der Waals surface area contributed by atoms with Crippen LogP contribution in [0.5, 0.6) is 0 Å². The molecule has 1 saturated carbocycles. The molecule has 1 nitrogen and oxygen atoms in total.